The second-order valence-electron chi connectivity index (χ2n) is 4.66. The molecule has 0 aromatic carbocycles. The summed E-state index contributed by atoms with van der Waals surface area (Å²) in [6.45, 7) is 3.55. The Morgan fingerprint density at radius 1 is 1.62 bits per heavy atom. The Balaban J connectivity index is 2.17. The highest BCUT2D eigenvalue weighted by atomic mass is 79.9. The normalized spacial score (nSPS) is 19.8. The number of carbonyl (C=O) groups is 1. The molecule has 0 aliphatic carbocycles. The first-order valence-corrected chi connectivity index (χ1v) is 9.58. The Labute approximate surface area is 135 Å². The van der Waals surface area contributed by atoms with Crippen molar-refractivity contribution in [3.63, 3.8) is 0 Å². The number of ether oxygens (including phenoxy) is 1. The predicted octanol–water partition coefficient (Wildman–Crippen LogP) is 2.61. The maximum Gasteiger partial charge on any atom is 0.289 e. The Morgan fingerprint density at radius 2 is 2.33 bits per heavy atom. The average molecular weight is 401 g/mol. The van der Waals surface area contributed by atoms with Crippen LogP contribution >= 0.6 is 26.6 Å². The molecule has 6 nitrogen and oxygen atoms in total. The zero-order valence-electron chi connectivity index (χ0n) is 11.3. The van der Waals surface area contributed by atoms with E-state index >= 15 is 0 Å². The number of likely N-dealkylation sites (tertiary alicyclic amines) is 1. The van der Waals surface area contributed by atoms with E-state index in [-0.39, 0.29) is 27.3 Å². The van der Waals surface area contributed by atoms with E-state index in [1.807, 2.05) is 6.92 Å². The molecule has 0 radical (unpaired) electrons. The van der Waals surface area contributed by atoms with Crippen LogP contribution in [0.2, 0.25) is 0 Å². The minimum absolute atomic E-state index is 0.00216. The van der Waals surface area contributed by atoms with Crippen molar-refractivity contribution in [2.24, 2.45) is 0 Å². The number of hydrogen-bond acceptors (Lipinski definition) is 5. The molecule has 1 aromatic heterocycles. The van der Waals surface area contributed by atoms with E-state index in [9.17, 15) is 13.2 Å². The lowest BCUT2D eigenvalue weighted by molar-refractivity contribution is 0.00613. The zero-order chi connectivity index (χ0) is 15.6. The van der Waals surface area contributed by atoms with Crippen molar-refractivity contribution in [1.29, 1.82) is 0 Å². The van der Waals surface area contributed by atoms with Gasteiger partial charge in [0.05, 0.1) is 6.10 Å². The van der Waals surface area contributed by atoms with E-state index in [1.54, 1.807) is 4.90 Å². The summed E-state index contributed by atoms with van der Waals surface area (Å²) in [6.07, 6.45) is 1.74. The van der Waals surface area contributed by atoms with Crippen molar-refractivity contribution < 1.29 is 22.4 Å². The summed E-state index contributed by atoms with van der Waals surface area (Å²) in [5.74, 6) is -0.426. The van der Waals surface area contributed by atoms with Gasteiger partial charge < -0.3 is 14.1 Å². The van der Waals surface area contributed by atoms with E-state index in [1.165, 1.54) is 0 Å². The van der Waals surface area contributed by atoms with E-state index in [0.717, 1.165) is 18.9 Å². The van der Waals surface area contributed by atoms with Crippen LogP contribution in [0.25, 0.3) is 0 Å². The number of hydrogen-bond donors (Lipinski definition) is 0. The molecule has 21 heavy (non-hydrogen) atoms. The average Bonchev–Trinajstić information content (AvgIpc) is 2.81. The third-order valence-corrected chi connectivity index (χ3v) is 5.38. The summed E-state index contributed by atoms with van der Waals surface area (Å²) in [5.41, 5.74) is 0. The van der Waals surface area contributed by atoms with Gasteiger partial charge in [-0.3, -0.25) is 4.79 Å². The molecule has 118 valence electrons. The van der Waals surface area contributed by atoms with Crippen molar-refractivity contribution in [2.75, 3.05) is 19.7 Å². The summed E-state index contributed by atoms with van der Waals surface area (Å²) >= 11 is 2.96. The molecule has 0 N–H and O–H groups in total. The molecule has 1 aliphatic heterocycles. The molecule has 0 saturated carbocycles. The molecule has 1 amide bonds. The lowest BCUT2D eigenvalue weighted by Crippen LogP contribution is -2.43. The number of furan rings is 1. The Kier molecular flexibility index (Phi) is 5.34. The molecule has 0 spiro atoms. The molecule has 2 heterocycles. The van der Waals surface area contributed by atoms with Crippen LogP contribution < -0.4 is 0 Å². The molecule has 1 aliphatic rings. The molecule has 1 saturated heterocycles. The summed E-state index contributed by atoms with van der Waals surface area (Å²) in [5, 5.41) is 0. The summed E-state index contributed by atoms with van der Waals surface area (Å²) in [6, 6.07) is 1.14. The molecular formula is C12H15BrClNO5S. The summed E-state index contributed by atoms with van der Waals surface area (Å²) in [4.78, 5) is 13.7. The fourth-order valence-electron chi connectivity index (χ4n) is 2.27. The highest BCUT2D eigenvalue weighted by molar-refractivity contribution is 9.10. The Morgan fingerprint density at radius 3 is 2.90 bits per heavy atom. The van der Waals surface area contributed by atoms with Crippen LogP contribution in [-0.4, -0.2) is 45.0 Å². The van der Waals surface area contributed by atoms with Gasteiger partial charge in [-0.05, 0) is 35.7 Å². The highest BCUT2D eigenvalue weighted by Crippen LogP contribution is 2.29. The van der Waals surface area contributed by atoms with Crippen LogP contribution in [0.1, 0.15) is 30.3 Å². The lowest BCUT2D eigenvalue weighted by atomic mass is 10.1. The van der Waals surface area contributed by atoms with Crippen molar-refractivity contribution in [3.8, 4) is 0 Å². The molecule has 1 unspecified atom stereocenters. The van der Waals surface area contributed by atoms with Crippen LogP contribution in [0.15, 0.2) is 20.0 Å². The van der Waals surface area contributed by atoms with E-state index in [4.69, 9.17) is 19.8 Å². The van der Waals surface area contributed by atoms with Crippen molar-refractivity contribution in [3.05, 3.63) is 16.5 Å². The topological polar surface area (TPSA) is 76.8 Å². The van der Waals surface area contributed by atoms with Crippen molar-refractivity contribution in [2.45, 2.75) is 30.8 Å². The maximum atomic E-state index is 12.4. The molecular weight excluding hydrogens is 386 g/mol. The van der Waals surface area contributed by atoms with Gasteiger partial charge in [-0.15, -0.1) is 0 Å². The second kappa shape index (κ2) is 6.68. The number of nitrogens with zero attached hydrogens (tertiary/aromatic N) is 1. The predicted molar refractivity (Wildman–Crippen MR) is 80.0 cm³/mol. The van der Waals surface area contributed by atoms with Gasteiger partial charge in [0.1, 0.15) is 4.90 Å². The quantitative estimate of drug-likeness (QED) is 0.726. The zero-order valence-corrected chi connectivity index (χ0v) is 14.5. The van der Waals surface area contributed by atoms with Crippen LogP contribution in [0.5, 0.6) is 0 Å². The fourth-order valence-corrected chi connectivity index (χ4v) is 4.31. The second-order valence-corrected chi connectivity index (χ2v) is 7.91. The number of halogens is 2. The smallest absolute Gasteiger partial charge is 0.289 e. The molecule has 1 aromatic rings. The molecule has 1 atom stereocenters. The van der Waals surface area contributed by atoms with E-state index in [2.05, 4.69) is 15.9 Å². The molecule has 2 rings (SSSR count). The SMILES string of the molecule is CCOC1CCCN(C(=O)c2cc(S(=O)(=O)Cl)c(Br)o2)C1. The first-order chi connectivity index (χ1) is 9.82. The van der Waals surface area contributed by atoms with Gasteiger partial charge in [-0.25, -0.2) is 8.42 Å². The Hall–Kier alpha value is -0.570. The number of carbonyl (C=O) groups excluding carboxylic acids is 1. The van der Waals surface area contributed by atoms with Gasteiger partial charge in [-0.1, -0.05) is 0 Å². The van der Waals surface area contributed by atoms with E-state index in [0.29, 0.717) is 19.7 Å². The van der Waals surface area contributed by atoms with Gasteiger partial charge in [0, 0.05) is 36.4 Å². The van der Waals surface area contributed by atoms with Gasteiger partial charge in [-0.2, -0.15) is 0 Å². The van der Waals surface area contributed by atoms with Crippen molar-refractivity contribution in [1.82, 2.24) is 4.90 Å². The van der Waals surface area contributed by atoms with Crippen LogP contribution in [0.3, 0.4) is 0 Å². The third kappa shape index (κ3) is 4.00. The third-order valence-electron chi connectivity index (χ3n) is 3.20. The minimum atomic E-state index is -3.96. The summed E-state index contributed by atoms with van der Waals surface area (Å²) in [7, 11) is 1.31. The highest BCUT2D eigenvalue weighted by Gasteiger charge is 2.29. The molecule has 1 fully saturated rings. The minimum Gasteiger partial charge on any atom is -0.443 e. The van der Waals surface area contributed by atoms with Gasteiger partial charge >= 0.3 is 0 Å². The summed E-state index contributed by atoms with van der Waals surface area (Å²) < 4.78 is 33.3. The molecule has 0 bridgehead atoms. The number of rotatable bonds is 4. The standard InChI is InChI=1S/C12H15BrClNO5S/c1-2-19-8-4-3-5-15(7-8)12(16)9-6-10(11(13)20-9)21(14,17)18/h6,8H,2-5,7H2,1H3. The largest absolute Gasteiger partial charge is 0.443 e. The van der Waals surface area contributed by atoms with Crippen LogP contribution in [0.4, 0.5) is 0 Å². The van der Waals surface area contributed by atoms with Gasteiger partial charge in [0.25, 0.3) is 15.0 Å². The first-order valence-electron chi connectivity index (χ1n) is 6.47. The monoisotopic (exact) mass is 399 g/mol. The number of piperidine rings is 1. The molecule has 9 heteroatoms. The first kappa shape index (κ1) is 16.8. The van der Waals surface area contributed by atoms with Gasteiger partial charge in [0.2, 0.25) is 0 Å². The van der Waals surface area contributed by atoms with E-state index < -0.39 is 9.05 Å². The fraction of sp³-hybridized carbons (Fsp3) is 0.583. The van der Waals surface area contributed by atoms with Gasteiger partial charge in [0.15, 0.2) is 10.4 Å². The van der Waals surface area contributed by atoms with Crippen LogP contribution in [-0.2, 0) is 13.8 Å². The lowest BCUT2D eigenvalue weighted by Gasteiger charge is -2.31. The maximum absolute atomic E-state index is 12.4. The van der Waals surface area contributed by atoms with Crippen molar-refractivity contribution >= 4 is 41.6 Å². The van der Waals surface area contributed by atoms with Crippen LogP contribution in [0, 0.1) is 0 Å². The number of amides is 1. The Bertz CT molecular complexity index is 628.